The van der Waals surface area contributed by atoms with Gasteiger partial charge in [-0.25, -0.2) is 4.98 Å². The summed E-state index contributed by atoms with van der Waals surface area (Å²) in [4.78, 5) is 6.37. The van der Waals surface area contributed by atoms with Gasteiger partial charge in [0.25, 0.3) is 0 Å². The van der Waals surface area contributed by atoms with Crippen LogP contribution in [0.15, 0.2) is 42.6 Å². The van der Waals surface area contributed by atoms with E-state index in [-0.39, 0.29) is 6.04 Å². The van der Waals surface area contributed by atoms with Crippen LogP contribution in [0.2, 0.25) is 0 Å². The van der Waals surface area contributed by atoms with Crippen molar-refractivity contribution in [3.8, 4) is 5.75 Å². The Hall–Kier alpha value is -2.23. The lowest BCUT2D eigenvalue weighted by Gasteiger charge is -2.19. The normalized spacial score (nSPS) is 11.9. The lowest BCUT2D eigenvalue weighted by molar-refractivity contribution is 0.475. The molecule has 0 aliphatic heterocycles. The molecule has 0 fully saturated rings. The van der Waals surface area contributed by atoms with Crippen molar-refractivity contribution in [1.82, 2.24) is 4.98 Å². The monoisotopic (exact) mass is 271 g/mol. The lowest BCUT2D eigenvalue weighted by Crippen LogP contribution is -2.12. The van der Waals surface area contributed by atoms with Gasteiger partial charge in [0.15, 0.2) is 0 Å². The number of phenols is 1. The Morgan fingerprint density at radius 3 is 2.35 bits per heavy atom. The molecule has 1 heterocycles. The maximum absolute atomic E-state index is 9.35. The van der Waals surface area contributed by atoms with Gasteiger partial charge < -0.3 is 15.3 Å². The molecule has 2 aromatic rings. The maximum atomic E-state index is 9.35. The molecular weight excluding hydrogens is 250 g/mol. The number of phenolic OH excluding ortho intramolecular Hbond substituents is 1. The number of anilines is 2. The number of pyridine rings is 1. The molecule has 0 saturated heterocycles. The molecule has 4 nitrogen and oxygen atoms in total. The summed E-state index contributed by atoms with van der Waals surface area (Å²) in [6.07, 6.45) is 2.80. The van der Waals surface area contributed by atoms with Gasteiger partial charge in [-0.05, 0) is 36.2 Å². The maximum Gasteiger partial charge on any atom is 0.128 e. The van der Waals surface area contributed by atoms with E-state index in [1.165, 1.54) is 0 Å². The molecule has 0 aliphatic carbocycles. The smallest absolute Gasteiger partial charge is 0.128 e. The van der Waals surface area contributed by atoms with Crippen LogP contribution in [0.4, 0.5) is 11.5 Å². The molecular formula is C16H21N3O. The molecule has 2 rings (SSSR count). The Bertz CT molecular complexity index is 535. The molecule has 0 saturated carbocycles. The summed E-state index contributed by atoms with van der Waals surface area (Å²) in [5.74, 6) is 1.23. The molecule has 0 radical (unpaired) electrons. The lowest BCUT2D eigenvalue weighted by atomic mass is 10.0. The van der Waals surface area contributed by atoms with Gasteiger partial charge in [0.2, 0.25) is 0 Å². The molecule has 106 valence electrons. The second-order valence-corrected chi connectivity index (χ2v) is 5.00. The first kappa shape index (κ1) is 14.2. The van der Waals surface area contributed by atoms with Crippen molar-refractivity contribution in [1.29, 1.82) is 0 Å². The van der Waals surface area contributed by atoms with Gasteiger partial charge >= 0.3 is 0 Å². The number of nitrogens with zero attached hydrogens (tertiary/aromatic N) is 2. The second-order valence-electron chi connectivity index (χ2n) is 5.00. The fraction of sp³-hybridized carbons (Fsp3) is 0.312. The molecule has 1 atom stereocenters. The zero-order valence-electron chi connectivity index (χ0n) is 12.2. The first-order valence-electron chi connectivity index (χ1n) is 6.79. The number of nitrogens with one attached hydrogen (secondary N) is 1. The predicted molar refractivity (Wildman–Crippen MR) is 83.3 cm³/mol. The van der Waals surface area contributed by atoms with Gasteiger partial charge in [0, 0.05) is 14.1 Å². The average Bonchev–Trinajstić information content (AvgIpc) is 2.46. The number of hydrogen-bond acceptors (Lipinski definition) is 4. The van der Waals surface area contributed by atoms with E-state index >= 15 is 0 Å². The van der Waals surface area contributed by atoms with Crippen molar-refractivity contribution in [3.05, 3.63) is 48.2 Å². The third kappa shape index (κ3) is 3.41. The zero-order valence-corrected chi connectivity index (χ0v) is 12.2. The molecule has 0 aliphatic rings. The van der Waals surface area contributed by atoms with Crippen molar-refractivity contribution in [2.75, 3.05) is 24.3 Å². The van der Waals surface area contributed by atoms with E-state index in [9.17, 15) is 5.11 Å². The van der Waals surface area contributed by atoms with E-state index in [2.05, 4.69) is 17.2 Å². The first-order valence-corrected chi connectivity index (χ1v) is 6.79. The third-order valence-corrected chi connectivity index (χ3v) is 3.25. The van der Waals surface area contributed by atoms with Crippen LogP contribution in [0.3, 0.4) is 0 Å². The topological polar surface area (TPSA) is 48.4 Å². The van der Waals surface area contributed by atoms with Gasteiger partial charge in [-0.15, -0.1) is 0 Å². The first-order chi connectivity index (χ1) is 9.60. The van der Waals surface area contributed by atoms with Crippen LogP contribution in [0.5, 0.6) is 5.75 Å². The molecule has 4 heteroatoms. The highest BCUT2D eigenvalue weighted by atomic mass is 16.3. The van der Waals surface area contributed by atoms with Crippen molar-refractivity contribution in [3.63, 3.8) is 0 Å². The molecule has 0 amide bonds. The highest BCUT2D eigenvalue weighted by Crippen LogP contribution is 2.24. The van der Waals surface area contributed by atoms with Crippen LogP contribution in [-0.4, -0.2) is 24.2 Å². The Labute approximate surface area is 120 Å². The van der Waals surface area contributed by atoms with Gasteiger partial charge in [0.05, 0.1) is 17.9 Å². The average molecular weight is 271 g/mol. The zero-order chi connectivity index (χ0) is 14.5. The predicted octanol–water partition coefficient (Wildman–Crippen LogP) is 3.42. The summed E-state index contributed by atoms with van der Waals surface area (Å²) in [5, 5.41) is 12.8. The minimum absolute atomic E-state index is 0.211. The van der Waals surface area contributed by atoms with Crippen LogP contribution in [0.25, 0.3) is 0 Å². The van der Waals surface area contributed by atoms with Crippen molar-refractivity contribution < 1.29 is 5.11 Å². The summed E-state index contributed by atoms with van der Waals surface area (Å²) in [7, 11) is 3.95. The molecule has 0 spiro atoms. The Balaban J connectivity index is 2.11. The summed E-state index contributed by atoms with van der Waals surface area (Å²) in [6.45, 7) is 2.13. The standard InChI is InChI=1S/C16H21N3O/c1-4-15(12-5-8-14(20)9-6-12)18-13-7-10-16(17-11-13)19(2)3/h5-11,15,18,20H,4H2,1-3H3. The fourth-order valence-corrected chi connectivity index (χ4v) is 2.06. The van der Waals surface area contributed by atoms with Crippen LogP contribution in [0.1, 0.15) is 24.9 Å². The van der Waals surface area contributed by atoms with E-state index < -0.39 is 0 Å². The number of hydrogen-bond donors (Lipinski definition) is 2. The highest BCUT2D eigenvalue weighted by Gasteiger charge is 2.09. The largest absolute Gasteiger partial charge is 0.508 e. The van der Waals surface area contributed by atoms with Gasteiger partial charge in [-0.2, -0.15) is 0 Å². The van der Waals surface area contributed by atoms with Crippen molar-refractivity contribution in [2.24, 2.45) is 0 Å². The third-order valence-electron chi connectivity index (χ3n) is 3.25. The summed E-state index contributed by atoms with van der Waals surface area (Å²) < 4.78 is 0. The van der Waals surface area contributed by atoms with Crippen LogP contribution < -0.4 is 10.2 Å². The van der Waals surface area contributed by atoms with Crippen LogP contribution >= 0.6 is 0 Å². The van der Waals surface area contributed by atoms with Gasteiger partial charge in [0.1, 0.15) is 11.6 Å². The van der Waals surface area contributed by atoms with Crippen LogP contribution in [-0.2, 0) is 0 Å². The van der Waals surface area contributed by atoms with E-state index in [1.807, 2.05) is 49.5 Å². The van der Waals surface area contributed by atoms with E-state index in [1.54, 1.807) is 12.1 Å². The van der Waals surface area contributed by atoms with Crippen LogP contribution in [0, 0.1) is 0 Å². The fourth-order valence-electron chi connectivity index (χ4n) is 2.06. The molecule has 1 aromatic carbocycles. The molecule has 20 heavy (non-hydrogen) atoms. The number of benzene rings is 1. The number of rotatable bonds is 5. The second kappa shape index (κ2) is 6.28. The number of aromatic nitrogens is 1. The van der Waals surface area contributed by atoms with Crippen molar-refractivity contribution in [2.45, 2.75) is 19.4 Å². The summed E-state index contributed by atoms with van der Waals surface area (Å²) in [5.41, 5.74) is 2.15. The minimum Gasteiger partial charge on any atom is -0.508 e. The quantitative estimate of drug-likeness (QED) is 0.875. The highest BCUT2D eigenvalue weighted by molar-refractivity contribution is 5.49. The Morgan fingerprint density at radius 2 is 1.85 bits per heavy atom. The van der Waals surface area contributed by atoms with E-state index in [0.717, 1.165) is 23.5 Å². The van der Waals surface area contributed by atoms with E-state index in [0.29, 0.717) is 5.75 Å². The Kier molecular flexibility index (Phi) is 4.45. The SMILES string of the molecule is CCC(Nc1ccc(N(C)C)nc1)c1ccc(O)cc1. The van der Waals surface area contributed by atoms with Gasteiger partial charge in [-0.1, -0.05) is 19.1 Å². The van der Waals surface area contributed by atoms with Gasteiger partial charge in [-0.3, -0.25) is 0 Å². The van der Waals surface area contributed by atoms with E-state index in [4.69, 9.17) is 0 Å². The summed E-state index contributed by atoms with van der Waals surface area (Å²) in [6, 6.07) is 11.6. The molecule has 0 bridgehead atoms. The molecule has 1 aromatic heterocycles. The minimum atomic E-state index is 0.211. The molecule has 1 unspecified atom stereocenters. The molecule has 2 N–H and O–H groups in total. The van der Waals surface area contributed by atoms with Crippen molar-refractivity contribution >= 4 is 11.5 Å². The Morgan fingerprint density at radius 1 is 1.15 bits per heavy atom. The summed E-state index contributed by atoms with van der Waals surface area (Å²) >= 11 is 0. The number of aromatic hydroxyl groups is 1.